The van der Waals surface area contributed by atoms with E-state index < -0.39 is 12.0 Å². The monoisotopic (exact) mass is 329 g/mol. The van der Waals surface area contributed by atoms with Gasteiger partial charge in [0.05, 0.1) is 10.7 Å². The van der Waals surface area contributed by atoms with Crippen LogP contribution in [0.4, 0.5) is 5.69 Å². The first-order valence-electron chi connectivity index (χ1n) is 5.67. The van der Waals surface area contributed by atoms with E-state index >= 15 is 0 Å². The van der Waals surface area contributed by atoms with Crippen molar-refractivity contribution in [1.82, 2.24) is 0 Å². The van der Waals surface area contributed by atoms with Crippen LogP contribution in [0.3, 0.4) is 0 Å². The Labute approximate surface area is 131 Å². The topological polar surface area (TPSA) is 49.3 Å². The number of nitrogens with one attached hydrogen (secondary N) is 1. The molecule has 0 aliphatic heterocycles. The van der Waals surface area contributed by atoms with Crippen molar-refractivity contribution in [3.05, 3.63) is 63.1 Å². The Balaban J connectivity index is 2.37. The average molecular weight is 331 g/mol. The fourth-order valence-electron chi connectivity index (χ4n) is 1.76. The normalized spacial score (nSPS) is 11.9. The van der Waals surface area contributed by atoms with Gasteiger partial charge in [-0.25, -0.2) is 4.79 Å². The number of carboxylic acids is 1. The van der Waals surface area contributed by atoms with Gasteiger partial charge in [-0.05, 0) is 35.9 Å². The first-order chi connectivity index (χ1) is 9.47. The lowest BCUT2D eigenvalue weighted by molar-refractivity contribution is -0.138. The fraction of sp³-hybridized carbons (Fsp3) is 0.0714. The number of carboxylic acid groups (broad SMARTS) is 1. The summed E-state index contributed by atoms with van der Waals surface area (Å²) in [5.41, 5.74) is 0.979. The van der Waals surface area contributed by atoms with Gasteiger partial charge >= 0.3 is 5.97 Å². The molecule has 0 spiro atoms. The molecule has 0 fully saturated rings. The second-order valence-corrected chi connectivity index (χ2v) is 5.38. The fourth-order valence-corrected chi connectivity index (χ4v) is 2.50. The molecule has 0 amide bonds. The van der Waals surface area contributed by atoms with Crippen LogP contribution in [-0.4, -0.2) is 11.1 Å². The quantitative estimate of drug-likeness (QED) is 0.839. The number of rotatable bonds is 4. The number of carbonyl (C=O) groups is 1. The van der Waals surface area contributed by atoms with Crippen molar-refractivity contribution >= 4 is 46.5 Å². The van der Waals surface area contributed by atoms with E-state index in [9.17, 15) is 9.90 Å². The average Bonchev–Trinajstić information content (AvgIpc) is 2.36. The maximum absolute atomic E-state index is 11.4. The second kappa shape index (κ2) is 6.35. The zero-order valence-electron chi connectivity index (χ0n) is 10.1. The number of hydrogen-bond donors (Lipinski definition) is 2. The molecule has 0 saturated heterocycles. The van der Waals surface area contributed by atoms with Gasteiger partial charge in [-0.2, -0.15) is 0 Å². The molecular weight excluding hydrogens is 321 g/mol. The molecule has 2 aromatic carbocycles. The van der Waals surface area contributed by atoms with E-state index in [0.717, 1.165) is 0 Å². The van der Waals surface area contributed by atoms with Crippen LogP contribution < -0.4 is 5.32 Å². The van der Waals surface area contributed by atoms with Gasteiger partial charge in [0.2, 0.25) is 0 Å². The molecule has 0 aliphatic carbocycles. The van der Waals surface area contributed by atoms with Crippen LogP contribution in [0.1, 0.15) is 11.6 Å². The van der Waals surface area contributed by atoms with Gasteiger partial charge in [-0.3, -0.25) is 0 Å². The third kappa shape index (κ3) is 3.57. The Morgan fingerprint density at radius 2 is 1.65 bits per heavy atom. The van der Waals surface area contributed by atoms with Crippen LogP contribution in [0.15, 0.2) is 42.5 Å². The van der Waals surface area contributed by atoms with Gasteiger partial charge in [0, 0.05) is 10.0 Å². The molecule has 2 aromatic rings. The lowest BCUT2D eigenvalue weighted by atomic mass is 10.1. The Hall–Kier alpha value is -1.42. The van der Waals surface area contributed by atoms with E-state index in [-0.39, 0.29) is 0 Å². The lowest BCUT2D eigenvalue weighted by Gasteiger charge is -2.17. The number of hydrogen-bond acceptors (Lipinski definition) is 2. The molecule has 0 saturated carbocycles. The highest BCUT2D eigenvalue weighted by Gasteiger charge is 2.21. The number of anilines is 1. The molecule has 20 heavy (non-hydrogen) atoms. The van der Waals surface area contributed by atoms with Crippen molar-refractivity contribution in [2.45, 2.75) is 6.04 Å². The van der Waals surface area contributed by atoms with E-state index in [1.807, 2.05) is 0 Å². The molecule has 3 nitrogen and oxygen atoms in total. The van der Waals surface area contributed by atoms with Gasteiger partial charge in [-0.1, -0.05) is 46.9 Å². The molecule has 2 rings (SSSR count). The van der Waals surface area contributed by atoms with E-state index in [1.54, 1.807) is 42.5 Å². The smallest absolute Gasteiger partial charge is 0.330 e. The molecular formula is C14H10Cl3NO2. The minimum Gasteiger partial charge on any atom is -0.479 e. The number of aliphatic carboxylic acids is 1. The maximum Gasteiger partial charge on any atom is 0.330 e. The van der Waals surface area contributed by atoms with Gasteiger partial charge in [0.15, 0.2) is 6.04 Å². The lowest BCUT2D eigenvalue weighted by Crippen LogP contribution is -2.20. The SMILES string of the molecule is O=C(O)C(Nc1ccccc1Cl)c1cc(Cl)cc(Cl)c1. The van der Waals surface area contributed by atoms with Crippen molar-refractivity contribution in [3.63, 3.8) is 0 Å². The molecule has 0 heterocycles. The first-order valence-corrected chi connectivity index (χ1v) is 6.80. The van der Waals surface area contributed by atoms with Crippen LogP contribution >= 0.6 is 34.8 Å². The molecule has 6 heteroatoms. The highest BCUT2D eigenvalue weighted by Crippen LogP contribution is 2.29. The summed E-state index contributed by atoms with van der Waals surface area (Å²) in [4.78, 5) is 11.4. The maximum atomic E-state index is 11.4. The molecule has 0 bridgehead atoms. The number of para-hydroxylation sites is 1. The summed E-state index contributed by atoms with van der Waals surface area (Å²) in [6.45, 7) is 0. The Kier molecular flexibility index (Phi) is 4.76. The molecule has 1 unspecified atom stereocenters. The first kappa shape index (κ1) is 15.0. The van der Waals surface area contributed by atoms with Crippen molar-refractivity contribution in [2.75, 3.05) is 5.32 Å². The van der Waals surface area contributed by atoms with Crippen LogP contribution in [0.5, 0.6) is 0 Å². The predicted molar refractivity (Wildman–Crippen MR) is 81.9 cm³/mol. The van der Waals surface area contributed by atoms with E-state index in [4.69, 9.17) is 34.8 Å². The van der Waals surface area contributed by atoms with E-state index in [2.05, 4.69) is 5.32 Å². The van der Waals surface area contributed by atoms with Crippen LogP contribution in [0.25, 0.3) is 0 Å². The summed E-state index contributed by atoms with van der Waals surface area (Å²) in [6.07, 6.45) is 0. The van der Waals surface area contributed by atoms with Crippen LogP contribution in [0, 0.1) is 0 Å². The van der Waals surface area contributed by atoms with Crippen LogP contribution in [-0.2, 0) is 4.79 Å². The van der Waals surface area contributed by atoms with Crippen molar-refractivity contribution < 1.29 is 9.90 Å². The predicted octanol–water partition coefficient (Wildman–Crippen LogP) is 4.88. The summed E-state index contributed by atoms with van der Waals surface area (Å²) in [7, 11) is 0. The second-order valence-electron chi connectivity index (χ2n) is 4.10. The van der Waals surface area contributed by atoms with Gasteiger partial charge < -0.3 is 10.4 Å². The zero-order chi connectivity index (χ0) is 14.7. The van der Waals surface area contributed by atoms with E-state index in [1.165, 1.54) is 0 Å². The summed E-state index contributed by atoms with van der Waals surface area (Å²) < 4.78 is 0. The molecule has 0 aliphatic rings. The van der Waals surface area contributed by atoms with Crippen molar-refractivity contribution in [2.24, 2.45) is 0 Å². The molecule has 0 aromatic heterocycles. The Morgan fingerprint density at radius 1 is 1.05 bits per heavy atom. The van der Waals surface area contributed by atoms with Gasteiger partial charge in [0.1, 0.15) is 0 Å². The highest BCUT2D eigenvalue weighted by atomic mass is 35.5. The highest BCUT2D eigenvalue weighted by molar-refractivity contribution is 6.34. The number of halogens is 3. The van der Waals surface area contributed by atoms with Gasteiger partial charge in [-0.15, -0.1) is 0 Å². The van der Waals surface area contributed by atoms with Gasteiger partial charge in [0.25, 0.3) is 0 Å². The minimum absolute atomic E-state index is 0.375. The zero-order valence-corrected chi connectivity index (χ0v) is 12.4. The molecule has 2 N–H and O–H groups in total. The number of benzene rings is 2. The van der Waals surface area contributed by atoms with Crippen molar-refractivity contribution in [3.8, 4) is 0 Å². The Bertz CT molecular complexity index is 626. The summed E-state index contributed by atoms with van der Waals surface area (Å²) in [5, 5.41) is 13.4. The summed E-state index contributed by atoms with van der Waals surface area (Å²) in [6, 6.07) is 10.6. The summed E-state index contributed by atoms with van der Waals surface area (Å²) in [5.74, 6) is -1.05. The van der Waals surface area contributed by atoms with E-state index in [0.29, 0.717) is 26.3 Å². The molecule has 0 radical (unpaired) electrons. The van der Waals surface area contributed by atoms with Crippen LogP contribution in [0.2, 0.25) is 15.1 Å². The molecule has 1 atom stereocenters. The third-order valence-corrected chi connectivity index (χ3v) is 3.40. The third-order valence-electron chi connectivity index (χ3n) is 2.64. The Morgan fingerprint density at radius 3 is 2.20 bits per heavy atom. The molecule has 104 valence electrons. The summed E-state index contributed by atoms with van der Waals surface area (Å²) >= 11 is 17.8. The standard InChI is InChI=1S/C14H10Cl3NO2/c15-9-5-8(6-10(16)7-9)13(14(19)20)18-12-4-2-1-3-11(12)17/h1-7,13,18H,(H,19,20). The minimum atomic E-state index is -1.05. The van der Waals surface area contributed by atoms with Crippen molar-refractivity contribution in [1.29, 1.82) is 0 Å². The largest absolute Gasteiger partial charge is 0.479 e.